The predicted molar refractivity (Wildman–Crippen MR) is 61.4 cm³/mol. The van der Waals surface area contributed by atoms with Crippen molar-refractivity contribution in [2.75, 3.05) is 6.54 Å². The van der Waals surface area contributed by atoms with Crippen molar-refractivity contribution in [3.05, 3.63) is 0 Å². The molecule has 2 aliphatic carbocycles. The van der Waals surface area contributed by atoms with Crippen LogP contribution in [0.3, 0.4) is 0 Å². The number of rotatable bonds is 3. The van der Waals surface area contributed by atoms with Crippen molar-refractivity contribution in [1.82, 2.24) is 5.32 Å². The van der Waals surface area contributed by atoms with Gasteiger partial charge in [0.15, 0.2) is 0 Å². The average Bonchev–Trinajstić information content (AvgIpc) is 2.71. The highest BCUT2D eigenvalue weighted by molar-refractivity contribution is 4.83. The minimum atomic E-state index is 0.847. The van der Waals surface area contributed by atoms with Crippen LogP contribution in [-0.2, 0) is 0 Å². The first-order chi connectivity index (χ1) is 6.90. The molecule has 2 fully saturated rings. The number of hydrogen-bond donors (Lipinski definition) is 1. The molecule has 0 spiro atoms. The summed E-state index contributed by atoms with van der Waals surface area (Å²) in [5, 5.41) is 3.64. The molecule has 0 aromatic rings. The summed E-state index contributed by atoms with van der Waals surface area (Å²) in [5.41, 5.74) is 0. The summed E-state index contributed by atoms with van der Waals surface area (Å²) in [4.78, 5) is 0. The Labute approximate surface area is 88.7 Å². The third kappa shape index (κ3) is 2.50. The summed E-state index contributed by atoms with van der Waals surface area (Å²) in [6, 6.07) is 0.847. The fraction of sp³-hybridized carbons (Fsp3) is 1.00. The largest absolute Gasteiger partial charge is 0.314 e. The van der Waals surface area contributed by atoms with Crippen LogP contribution in [0.2, 0.25) is 0 Å². The van der Waals surface area contributed by atoms with Crippen LogP contribution in [-0.4, -0.2) is 12.6 Å². The predicted octanol–water partition coefficient (Wildman–Crippen LogP) is 3.34. The molecule has 0 aromatic carbocycles. The zero-order valence-electron chi connectivity index (χ0n) is 9.60. The summed E-state index contributed by atoms with van der Waals surface area (Å²) in [6.45, 7) is 3.39. The zero-order chi connectivity index (χ0) is 9.80. The molecule has 1 heteroatoms. The van der Waals surface area contributed by atoms with Gasteiger partial charge in [-0.05, 0) is 31.2 Å². The lowest BCUT2D eigenvalue weighted by molar-refractivity contribution is 0.214. The van der Waals surface area contributed by atoms with E-state index in [4.69, 9.17) is 0 Å². The van der Waals surface area contributed by atoms with Gasteiger partial charge in [-0.3, -0.25) is 0 Å². The van der Waals surface area contributed by atoms with E-state index in [0.29, 0.717) is 0 Å². The Hall–Kier alpha value is -0.0400. The Morgan fingerprint density at radius 1 is 0.929 bits per heavy atom. The molecule has 0 heterocycles. The molecule has 2 aliphatic rings. The van der Waals surface area contributed by atoms with E-state index < -0.39 is 0 Å². The van der Waals surface area contributed by atoms with Gasteiger partial charge >= 0.3 is 0 Å². The quantitative estimate of drug-likeness (QED) is 0.728. The van der Waals surface area contributed by atoms with E-state index in [-0.39, 0.29) is 0 Å². The van der Waals surface area contributed by atoms with E-state index >= 15 is 0 Å². The van der Waals surface area contributed by atoms with E-state index in [1.165, 1.54) is 51.4 Å². The van der Waals surface area contributed by atoms with Crippen LogP contribution >= 0.6 is 0 Å². The van der Waals surface area contributed by atoms with E-state index in [9.17, 15) is 0 Å². The Morgan fingerprint density at radius 3 is 2.36 bits per heavy atom. The first-order valence-electron chi connectivity index (χ1n) is 6.63. The molecular formula is C13H25N. The molecule has 2 atom stereocenters. The molecule has 2 rings (SSSR count). The van der Waals surface area contributed by atoms with Gasteiger partial charge < -0.3 is 5.32 Å². The Morgan fingerprint density at radius 2 is 1.64 bits per heavy atom. The van der Waals surface area contributed by atoms with Crippen molar-refractivity contribution >= 4 is 0 Å². The van der Waals surface area contributed by atoms with Crippen LogP contribution in [0.5, 0.6) is 0 Å². The molecule has 0 amide bonds. The lowest BCUT2D eigenvalue weighted by atomic mass is 9.77. The van der Waals surface area contributed by atoms with Gasteiger partial charge in [0.25, 0.3) is 0 Å². The molecule has 0 aliphatic heterocycles. The SMILES string of the molecule is CCNC1CCCC(C2CCCC2)C1. The fourth-order valence-electron chi connectivity index (χ4n) is 3.56. The van der Waals surface area contributed by atoms with Gasteiger partial charge in [-0.1, -0.05) is 45.4 Å². The summed E-state index contributed by atoms with van der Waals surface area (Å²) >= 11 is 0. The van der Waals surface area contributed by atoms with Gasteiger partial charge in [-0.2, -0.15) is 0 Å². The molecule has 0 radical (unpaired) electrons. The van der Waals surface area contributed by atoms with Crippen molar-refractivity contribution in [1.29, 1.82) is 0 Å². The summed E-state index contributed by atoms with van der Waals surface area (Å²) in [5.74, 6) is 2.16. The maximum absolute atomic E-state index is 3.64. The van der Waals surface area contributed by atoms with Crippen molar-refractivity contribution in [2.45, 2.75) is 64.3 Å². The van der Waals surface area contributed by atoms with Crippen LogP contribution in [0.15, 0.2) is 0 Å². The molecule has 2 unspecified atom stereocenters. The summed E-state index contributed by atoms with van der Waals surface area (Å²) in [6.07, 6.45) is 12.0. The standard InChI is InChI=1S/C13H25N/c1-2-14-13-9-5-8-12(10-13)11-6-3-4-7-11/h11-14H,2-10H2,1H3. The smallest absolute Gasteiger partial charge is 0.00696 e. The van der Waals surface area contributed by atoms with E-state index in [2.05, 4.69) is 12.2 Å². The van der Waals surface area contributed by atoms with Gasteiger partial charge in [0.05, 0.1) is 0 Å². The van der Waals surface area contributed by atoms with Crippen LogP contribution < -0.4 is 5.32 Å². The van der Waals surface area contributed by atoms with Crippen LogP contribution in [0.25, 0.3) is 0 Å². The Bertz CT molecular complexity index is 159. The Kier molecular flexibility index (Phi) is 3.86. The zero-order valence-corrected chi connectivity index (χ0v) is 9.60. The summed E-state index contributed by atoms with van der Waals surface area (Å²) in [7, 11) is 0. The van der Waals surface area contributed by atoms with E-state index in [1.54, 1.807) is 0 Å². The number of nitrogens with one attached hydrogen (secondary N) is 1. The van der Waals surface area contributed by atoms with Gasteiger partial charge in [0.2, 0.25) is 0 Å². The van der Waals surface area contributed by atoms with E-state index in [1.807, 2.05) is 0 Å². The molecule has 14 heavy (non-hydrogen) atoms. The minimum absolute atomic E-state index is 0.847. The molecule has 1 nitrogen and oxygen atoms in total. The highest BCUT2D eigenvalue weighted by Crippen LogP contribution is 2.39. The minimum Gasteiger partial charge on any atom is -0.314 e. The molecule has 1 N–H and O–H groups in total. The molecule has 0 aromatic heterocycles. The second-order valence-electron chi connectivity index (χ2n) is 5.23. The number of hydrogen-bond acceptors (Lipinski definition) is 1. The van der Waals surface area contributed by atoms with Crippen molar-refractivity contribution < 1.29 is 0 Å². The second kappa shape index (κ2) is 5.16. The average molecular weight is 195 g/mol. The first kappa shape index (κ1) is 10.5. The third-order valence-corrected chi connectivity index (χ3v) is 4.27. The Balaban J connectivity index is 1.80. The van der Waals surface area contributed by atoms with Crippen LogP contribution in [0.1, 0.15) is 58.3 Å². The van der Waals surface area contributed by atoms with Crippen LogP contribution in [0, 0.1) is 11.8 Å². The molecular weight excluding hydrogens is 170 g/mol. The lowest BCUT2D eigenvalue weighted by Crippen LogP contribution is -2.35. The van der Waals surface area contributed by atoms with Gasteiger partial charge in [-0.15, -0.1) is 0 Å². The van der Waals surface area contributed by atoms with E-state index in [0.717, 1.165) is 24.4 Å². The highest BCUT2D eigenvalue weighted by atomic mass is 14.9. The lowest BCUT2D eigenvalue weighted by Gasteiger charge is -2.33. The topological polar surface area (TPSA) is 12.0 Å². The van der Waals surface area contributed by atoms with Crippen molar-refractivity contribution in [3.8, 4) is 0 Å². The fourth-order valence-corrected chi connectivity index (χ4v) is 3.56. The maximum Gasteiger partial charge on any atom is 0.00696 e. The molecule has 0 saturated heterocycles. The molecule has 2 saturated carbocycles. The molecule has 0 bridgehead atoms. The highest BCUT2D eigenvalue weighted by Gasteiger charge is 2.29. The first-order valence-corrected chi connectivity index (χ1v) is 6.63. The molecule has 82 valence electrons. The van der Waals surface area contributed by atoms with Crippen molar-refractivity contribution in [2.24, 2.45) is 11.8 Å². The maximum atomic E-state index is 3.64. The normalized spacial score (nSPS) is 34.9. The van der Waals surface area contributed by atoms with Gasteiger partial charge in [-0.25, -0.2) is 0 Å². The monoisotopic (exact) mass is 195 g/mol. The second-order valence-corrected chi connectivity index (χ2v) is 5.23. The summed E-state index contributed by atoms with van der Waals surface area (Å²) < 4.78 is 0. The third-order valence-electron chi connectivity index (χ3n) is 4.27. The van der Waals surface area contributed by atoms with Gasteiger partial charge in [0.1, 0.15) is 0 Å². The van der Waals surface area contributed by atoms with Crippen molar-refractivity contribution in [3.63, 3.8) is 0 Å². The van der Waals surface area contributed by atoms with Gasteiger partial charge in [0, 0.05) is 6.04 Å². The van der Waals surface area contributed by atoms with Crippen LogP contribution in [0.4, 0.5) is 0 Å².